The van der Waals surface area contributed by atoms with Gasteiger partial charge in [-0.25, -0.2) is 0 Å². The summed E-state index contributed by atoms with van der Waals surface area (Å²) in [4.78, 5) is 52.4. The first-order chi connectivity index (χ1) is 18.6. The lowest BCUT2D eigenvalue weighted by Gasteiger charge is -2.22. The molecule has 2 aromatic rings. The molecular weight excluding hydrogens is 499 g/mol. The van der Waals surface area contributed by atoms with E-state index in [1.54, 1.807) is 30.3 Å². The zero-order chi connectivity index (χ0) is 28.8. The highest BCUT2D eigenvalue weighted by Gasteiger charge is 2.30. The van der Waals surface area contributed by atoms with Gasteiger partial charge in [-0.1, -0.05) is 62.7 Å². The topological polar surface area (TPSA) is 172 Å². The van der Waals surface area contributed by atoms with Crippen LogP contribution in [0.1, 0.15) is 55.6 Å². The molecular formula is C28H35BN4O6. The van der Waals surface area contributed by atoms with Gasteiger partial charge in [0.1, 0.15) is 11.6 Å². The van der Waals surface area contributed by atoms with Crippen LogP contribution in [0.3, 0.4) is 0 Å². The van der Waals surface area contributed by atoms with Crippen LogP contribution in [0.15, 0.2) is 65.0 Å². The SMILES string of the molecule is CC(C)C=C(C#N)C(=O)NCCCC[C@H](CC(=O)c1cccc(=O)[nH]1)C(=O)N[C@@H](Cc1ccccc1)B(O)O. The number of nitrogens with zero attached hydrogens (tertiary/aromatic N) is 1. The number of amides is 2. The molecule has 1 aromatic heterocycles. The Kier molecular flexibility index (Phi) is 12.9. The molecule has 0 fully saturated rings. The third-order valence-corrected chi connectivity index (χ3v) is 5.99. The van der Waals surface area contributed by atoms with Crippen LogP contribution in [0.5, 0.6) is 0 Å². The fourth-order valence-electron chi connectivity index (χ4n) is 3.98. The van der Waals surface area contributed by atoms with E-state index in [4.69, 9.17) is 5.26 Å². The van der Waals surface area contributed by atoms with E-state index in [1.165, 1.54) is 18.2 Å². The van der Waals surface area contributed by atoms with E-state index in [0.717, 1.165) is 5.56 Å². The number of nitrogens with one attached hydrogen (secondary N) is 3. The molecule has 0 radical (unpaired) electrons. The van der Waals surface area contributed by atoms with E-state index in [9.17, 15) is 29.2 Å². The Balaban J connectivity index is 2.06. The molecule has 0 unspecified atom stereocenters. The van der Waals surface area contributed by atoms with Gasteiger partial charge < -0.3 is 25.7 Å². The number of aromatic amines is 1. The lowest BCUT2D eigenvalue weighted by atomic mass is 9.75. The number of pyridine rings is 1. The number of unbranched alkanes of at least 4 members (excludes halogenated alkanes) is 1. The van der Waals surface area contributed by atoms with Crippen molar-refractivity contribution in [3.05, 3.63) is 81.8 Å². The minimum atomic E-state index is -1.82. The van der Waals surface area contributed by atoms with Crippen LogP contribution >= 0.6 is 0 Å². The summed E-state index contributed by atoms with van der Waals surface area (Å²) in [5, 5.41) is 34.3. The van der Waals surface area contributed by atoms with Crippen molar-refractivity contribution < 1.29 is 24.4 Å². The lowest BCUT2D eigenvalue weighted by Crippen LogP contribution is -2.50. The van der Waals surface area contributed by atoms with Gasteiger partial charge in [-0.2, -0.15) is 5.26 Å². The van der Waals surface area contributed by atoms with Gasteiger partial charge in [-0.3, -0.25) is 19.2 Å². The van der Waals surface area contributed by atoms with Gasteiger partial charge in [0, 0.05) is 24.9 Å². The van der Waals surface area contributed by atoms with Crippen molar-refractivity contribution in [3.8, 4) is 6.07 Å². The summed E-state index contributed by atoms with van der Waals surface area (Å²) in [6.45, 7) is 4.00. The van der Waals surface area contributed by atoms with E-state index in [1.807, 2.05) is 26.0 Å². The van der Waals surface area contributed by atoms with Gasteiger partial charge in [-0.05, 0) is 36.8 Å². The Morgan fingerprint density at radius 3 is 2.41 bits per heavy atom. The van der Waals surface area contributed by atoms with Crippen molar-refractivity contribution in [2.24, 2.45) is 11.8 Å². The second-order valence-electron chi connectivity index (χ2n) is 9.66. The Bertz CT molecular complexity index is 1240. The zero-order valence-corrected chi connectivity index (χ0v) is 22.2. The number of H-pyrrole nitrogens is 1. The van der Waals surface area contributed by atoms with E-state index in [0.29, 0.717) is 12.8 Å². The molecule has 11 heteroatoms. The van der Waals surface area contributed by atoms with Crippen LogP contribution in [0, 0.1) is 23.2 Å². The quantitative estimate of drug-likeness (QED) is 0.0760. The predicted molar refractivity (Wildman–Crippen MR) is 147 cm³/mol. The average molecular weight is 534 g/mol. The highest BCUT2D eigenvalue weighted by molar-refractivity contribution is 6.43. The summed E-state index contributed by atoms with van der Waals surface area (Å²) < 4.78 is 0. The van der Waals surface area contributed by atoms with Crippen LogP contribution in [0.2, 0.25) is 0 Å². The maximum atomic E-state index is 13.2. The van der Waals surface area contributed by atoms with Crippen molar-refractivity contribution in [3.63, 3.8) is 0 Å². The minimum Gasteiger partial charge on any atom is -0.426 e. The van der Waals surface area contributed by atoms with E-state index in [2.05, 4.69) is 15.6 Å². The predicted octanol–water partition coefficient (Wildman–Crippen LogP) is 1.70. The minimum absolute atomic E-state index is 0.0386. The van der Waals surface area contributed by atoms with Crippen molar-refractivity contribution in [2.45, 2.75) is 51.9 Å². The smallest absolute Gasteiger partial charge is 0.426 e. The lowest BCUT2D eigenvalue weighted by molar-refractivity contribution is -0.125. The van der Waals surface area contributed by atoms with Gasteiger partial charge in [-0.15, -0.1) is 0 Å². The molecule has 1 heterocycles. The van der Waals surface area contributed by atoms with Gasteiger partial charge in [0.05, 0.1) is 11.6 Å². The molecule has 0 aliphatic carbocycles. The molecule has 0 saturated carbocycles. The van der Waals surface area contributed by atoms with Gasteiger partial charge in [0.2, 0.25) is 11.5 Å². The summed E-state index contributed by atoms with van der Waals surface area (Å²) in [5.41, 5.74) is 0.477. The molecule has 0 aliphatic rings. The summed E-state index contributed by atoms with van der Waals surface area (Å²) in [5.74, 6) is -3.18. The molecule has 1 aromatic carbocycles. The van der Waals surface area contributed by atoms with Crippen LogP contribution in [-0.2, 0) is 16.0 Å². The average Bonchev–Trinajstić information content (AvgIpc) is 2.90. The fourth-order valence-corrected chi connectivity index (χ4v) is 3.98. The second-order valence-corrected chi connectivity index (χ2v) is 9.66. The molecule has 0 bridgehead atoms. The number of allylic oxidation sites excluding steroid dienone is 1. The maximum absolute atomic E-state index is 13.2. The molecule has 206 valence electrons. The number of hydrogen-bond acceptors (Lipinski definition) is 7. The third-order valence-electron chi connectivity index (χ3n) is 5.99. The molecule has 10 nitrogen and oxygen atoms in total. The van der Waals surface area contributed by atoms with E-state index >= 15 is 0 Å². The summed E-state index contributed by atoms with van der Waals surface area (Å²) in [6, 6.07) is 15.1. The number of ketones is 1. The Labute approximate surface area is 228 Å². The highest BCUT2D eigenvalue weighted by Crippen LogP contribution is 2.17. The largest absolute Gasteiger partial charge is 0.475 e. The molecule has 2 atom stereocenters. The zero-order valence-electron chi connectivity index (χ0n) is 22.2. The number of nitriles is 1. The number of rotatable bonds is 15. The van der Waals surface area contributed by atoms with Crippen molar-refractivity contribution in [1.82, 2.24) is 15.6 Å². The van der Waals surface area contributed by atoms with E-state index < -0.39 is 42.1 Å². The van der Waals surface area contributed by atoms with E-state index in [-0.39, 0.29) is 43.0 Å². The van der Waals surface area contributed by atoms with Crippen LogP contribution in [-0.4, -0.2) is 52.2 Å². The summed E-state index contributed by atoms with van der Waals surface area (Å²) >= 11 is 0. The highest BCUT2D eigenvalue weighted by atomic mass is 16.4. The standard InChI is InChI=1S/C28H35BN4O6/c1-19(2)15-22(18-30)27(36)31-14-7-6-11-21(17-24(34)23-12-8-13-26(35)32-23)28(37)33-25(29(38)39)16-20-9-4-3-5-10-20/h3-5,8-10,12-13,15,19,21,25,38-39H,6-7,11,14,16-17H2,1-2H3,(H,31,36)(H,32,35)(H,33,37)/t21-,25+/m1/s1. The molecule has 39 heavy (non-hydrogen) atoms. The van der Waals surface area contributed by atoms with Crippen molar-refractivity contribution >= 4 is 24.7 Å². The van der Waals surface area contributed by atoms with Crippen LogP contribution in [0.4, 0.5) is 0 Å². The normalized spacial score (nSPS) is 12.8. The molecule has 2 rings (SSSR count). The van der Waals surface area contributed by atoms with Crippen LogP contribution < -0.4 is 16.2 Å². The first kappa shape index (κ1) is 31.2. The summed E-state index contributed by atoms with van der Waals surface area (Å²) in [7, 11) is -1.82. The molecule has 2 amide bonds. The van der Waals surface area contributed by atoms with Gasteiger partial charge in [0.15, 0.2) is 5.78 Å². The molecule has 5 N–H and O–H groups in total. The first-order valence-electron chi connectivity index (χ1n) is 12.9. The summed E-state index contributed by atoms with van der Waals surface area (Å²) in [6.07, 6.45) is 2.79. The monoisotopic (exact) mass is 534 g/mol. The number of aromatic nitrogens is 1. The Morgan fingerprint density at radius 1 is 1.08 bits per heavy atom. The third kappa shape index (κ3) is 11.1. The second kappa shape index (κ2) is 16.1. The fraction of sp³-hybridized carbons (Fsp3) is 0.393. The van der Waals surface area contributed by atoms with Crippen LogP contribution in [0.25, 0.3) is 0 Å². The number of carbonyl (C=O) groups is 3. The molecule has 0 spiro atoms. The number of carbonyl (C=O) groups excluding carboxylic acids is 3. The van der Waals surface area contributed by atoms with Gasteiger partial charge >= 0.3 is 7.12 Å². The Morgan fingerprint density at radius 2 is 1.79 bits per heavy atom. The number of hydrogen-bond donors (Lipinski definition) is 5. The maximum Gasteiger partial charge on any atom is 0.475 e. The Hall–Kier alpha value is -4.01. The molecule has 0 saturated heterocycles. The van der Waals surface area contributed by atoms with Gasteiger partial charge in [0.25, 0.3) is 5.91 Å². The van der Waals surface area contributed by atoms with Crippen molar-refractivity contribution in [2.75, 3.05) is 6.54 Å². The molecule has 0 aliphatic heterocycles. The van der Waals surface area contributed by atoms with Crippen molar-refractivity contribution in [1.29, 1.82) is 5.26 Å². The number of Topliss-reactive ketones (excluding diaryl/α,β-unsaturated/α-hetero) is 1. The first-order valence-corrected chi connectivity index (χ1v) is 12.9. The number of benzene rings is 1.